The Morgan fingerprint density at radius 3 is 2.53 bits per heavy atom. The van der Waals surface area contributed by atoms with Crippen LogP contribution in [0.5, 0.6) is 0 Å². The zero-order valence-corrected chi connectivity index (χ0v) is 9.31. The molecule has 102 valence electrons. The third-order valence-corrected chi connectivity index (χ3v) is 2.55. The average Bonchev–Trinajstić information content (AvgIpc) is 2.73. The molecule has 0 N–H and O–H groups in total. The van der Waals surface area contributed by atoms with Crippen molar-refractivity contribution in [3.63, 3.8) is 0 Å². The van der Waals surface area contributed by atoms with Gasteiger partial charge in [0.1, 0.15) is 6.61 Å². The van der Waals surface area contributed by atoms with Gasteiger partial charge in [-0.3, -0.25) is 15.0 Å². The first-order chi connectivity index (χ1) is 8.80. The second-order valence-corrected chi connectivity index (χ2v) is 3.72. The van der Waals surface area contributed by atoms with Gasteiger partial charge in [-0.2, -0.15) is 13.2 Å². The highest BCUT2D eigenvalue weighted by atomic mass is 19.4. The minimum Gasteiger partial charge on any atom is -0.447 e. The standard InChI is InChI=1S/C10H7F3N2O4/c11-10(12,13)7-5-6(15(17)18)1-2-8(7)14-3-4-19-9(14)16/h1-2,5H,3-4H2. The number of carbonyl (C=O) groups excluding carboxylic acids is 1. The van der Waals surface area contributed by atoms with Gasteiger partial charge in [-0.25, -0.2) is 4.79 Å². The molecule has 1 aromatic rings. The highest BCUT2D eigenvalue weighted by molar-refractivity contribution is 5.90. The molecular weight excluding hydrogens is 269 g/mol. The summed E-state index contributed by atoms with van der Waals surface area (Å²) in [5.74, 6) is 0. The Bertz CT molecular complexity index is 544. The smallest absolute Gasteiger partial charge is 0.418 e. The summed E-state index contributed by atoms with van der Waals surface area (Å²) in [6.07, 6.45) is -5.70. The number of nitro groups is 1. The van der Waals surface area contributed by atoms with Gasteiger partial charge in [0.05, 0.1) is 22.7 Å². The number of amides is 1. The Hall–Kier alpha value is -2.32. The molecule has 9 heteroatoms. The Morgan fingerprint density at radius 2 is 2.05 bits per heavy atom. The van der Waals surface area contributed by atoms with Crippen molar-refractivity contribution in [2.45, 2.75) is 6.18 Å². The molecular formula is C10H7F3N2O4. The quantitative estimate of drug-likeness (QED) is 0.614. The minimum atomic E-state index is -4.80. The molecule has 19 heavy (non-hydrogen) atoms. The summed E-state index contributed by atoms with van der Waals surface area (Å²) >= 11 is 0. The molecule has 0 saturated carbocycles. The van der Waals surface area contributed by atoms with Crippen LogP contribution in [-0.4, -0.2) is 24.2 Å². The summed E-state index contributed by atoms with van der Waals surface area (Å²) in [4.78, 5) is 21.7. The minimum absolute atomic E-state index is 0.0207. The van der Waals surface area contributed by atoms with Gasteiger partial charge in [0.15, 0.2) is 0 Å². The number of carbonyl (C=O) groups is 1. The van der Waals surface area contributed by atoms with Crippen LogP contribution in [0.25, 0.3) is 0 Å². The Labute approximate surface area is 104 Å². The van der Waals surface area contributed by atoms with Gasteiger partial charge < -0.3 is 4.74 Å². The molecule has 1 saturated heterocycles. The fourth-order valence-electron chi connectivity index (χ4n) is 1.71. The summed E-state index contributed by atoms with van der Waals surface area (Å²) < 4.78 is 43.2. The van der Waals surface area contributed by atoms with E-state index in [0.717, 1.165) is 17.0 Å². The first kappa shape index (κ1) is 13.1. The monoisotopic (exact) mass is 276 g/mol. The predicted molar refractivity (Wildman–Crippen MR) is 56.8 cm³/mol. The summed E-state index contributed by atoms with van der Waals surface area (Å²) in [5.41, 5.74) is -2.37. The van der Waals surface area contributed by atoms with E-state index in [2.05, 4.69) is 4.74 Å². The van der Waals surface area contributed by atoms with E-state index in [0.29, 0.717) is 6.07 Å². The molecule has 1 heterocycles. The van der Waals surface area contributed by atoms with Crippen LogP contribution in [0.1, 0.15) is 5.56 Å². The number of hydrogen-bond donors (Lipinski definition) is 0. The molecule has 1 aliphatic heterocycles. The Morgan fingerprint density at radius 1 is 1.37 bits per heavy atom. The number of halogens is 3. The molecule has 0 radical (unpaired) electrons. The number of hydrogen-bond acceptors (Lipinski definition) is 4. The maximum atomic E-state index is 12.9. The summed E-state index contributed by atoms with van der Waals surface area (Å²) in [6.45, 7) is -0.0488. The van der Waals surface area contributed by atoms with Crippen molar-refractivity contribution in [2.75, 3.05) is 18.1 Å². The fourth-order valence-corrected chi connectivity index (χ4v) is 1.71. The number of nitrogens with zero attached hydrogens (tertiary/aromatic N) is 2. The fraction of sp³-hybridized carbons (Fsp3) is 0.300. The SMILES string of the molecule is O=C1OCCN1c1ccc([N+](=O)[O-])cc1C(F)(F)F. The van der Waals surface area contributed by atoms with Crippen molar-refractivity contribution >= 4 is 17.5 Å². The van der Waals surface area contributed by atoms with Gasteiger partial charge in [-0.15, -0.1) is 0 Å². The van der Waals surface area contributed by atoms with E-state index in [-0.39, 0.29) is 13.2 Å². The van der Waals surface area contributed by atoms with Crippen LogP contribution < -0.4 is 4.90 Å². The molecule has 0 unspecified atom stereocenters. The number of cyclic esters (lactones) is 1. The molecule has 6 nitrogen and oxygen atoms in total. The van der Waals surface area contributed by atoms with Crippen LogP contribution in [0.4, 0.5) is 29.3 Å². The van der Waals surface area contributed by atoms with Crippen LogP contribution >= 0.6 is 0 Å². The zero-order chi connectivity index (χ0) is 14.2. The number of nitro benzene ring substituents is 1. The highest BCUT2D eigenvalue weighted by Gasteiger charge is 2.39. The molecule has 2 rings (SSSR count). The maximum Gasteiger partial charge on any atom is 0.418 e. The van der Waals surface area contributed by atoms with E-state index in [9.17, 15) is 28.1 Å². The van der Waals surface area contributed by atoms with Gasteiger partial charge in [0, 0.05) is 12.1 Å². The number of rotatable bonds is 2. The van der Waals surface area contributed by atoms with Crippen molar-refractivity contribution in [1.29, 1.82) is 0 Å². The van der Waals surface area contributed by atoms with Gasteiger partial charge in [0.2, 0.25) is 0 Å². The summed E-state index contributed by atoms with van der Waals surface area (Å²) in [5, 5.41) is 10.5. The lowest BCUT2D eigenvalue weighted by Crippen LogP contribution is -2.26. The number of alkyl halides is 3. The number of non-ortho nitro benzene ring substituents is 1. The van der Waals surface area contributed by atoms with E-state index < -0.39 is 34.1 Å². The van der Waals surface area contributed by atoms with Crippen LogP contribution in [-0.2, 0) is 10.9 Å². The molecule has 1 fully saturated rings. The predicted octanol–water partition coefficient (Wildman–Crippen LogP) is 2.57. The summed E-state index contributed by atoms with van der Waals surface area (Å²) in [6, 6.07) is 2.21. The van der Waals surface area contributed by atoms with E-state index in [1.807, 2.05) is 0 Å². The van der Waals surface area contributed by atoms with Crippen molar-refractivity contribution in [2.24, 2.45) is 0 Å². The van der Waals surface area contributed by atoms with Crippen molar-refractivity contribution in [3.05, 3.63) is 33.9 Å². The van der Waals surface area contributed by atoms with Crippen molar-refractivity contribution < 1.29 is 27.6 Å². The number of benzene rings is 1. The molecule has 0 spiro atoms. The molecule has 1 amide bonds. The molecule has 0 atom stereocenters. The molecule has 0 bridgehead atoms. The van der Waals surface area contributed by atoms with E-state index >= 15 is 0 Å². The Kier molecular flexibility index (Phi) is 3.05. The van der Waals surface area contributed by atoms with Gasteiger partial charge >= 0.3 is 12.3 Å². The van der Waals surface area contributed by atoms with Crippen molar-refractivity contribution in [1.82, 2.24) is 0 Å². The average molecular weight is 276 g/mol. The largest absolute Gasteiger partial charge is 0.447 e. The molecule has 0 aromatic heterocycles. The lowest BCUT2D eigenvalue weighted by atomic mass is 10.1. The van der Waals surface area contributed by atoms with Crippen LogP contribution in [0.15, 0.2) is 18.2 Å². The lowest BCUT2D eigenvalue weighted by Gasteiger charge is -2.18. The third kappa shape index (κ3) is 2.44. The van der Waals surface area contributed by atoms with Crippen LogP contribution in [0.3, 0.4) is 0 Å². The first-order valence-electron chi connectivity index (χ1n) is 5.10. The second kappa shape index (κ2) is 4.41. The normalized spacial score (nSPS) is 15.5. The third-order valence-electron chi connectivity index (χ3n) is 2.55. The van der Waals surface area contributed by atoms with Gasteiger partial charge in [-0.05, 0) is 6.07 Å². The van der Waals surface area contributed by atoms with Crippen LogP contribution in [0.2, 0.25) is 0 Å². The Balaban J connectivity index is 2.54. The summed E-state index contributed by atoms with van der Waals surface area (Å²) in [7, 11) is 0. The molecule has 0 aliphatic carbocycles. The number of anilines is 1. The second-order valence-electron chi connectivity index (χ2n) is 3.72. The van der Waals surface area contributed by atoms with E-state index in [1.54, 1.807) is 0 Å². The van der Waals surface area contributed by atoms with Gasteiger partial charge in [0.25, 0.3) is 5.69 Å². The van der Waals surface area contributed by atoms with Crippen molar-refractivity contribution in [3.8, 4) is 0 Å². The van der Waals surface area contributed by atoms with E-state index in [4.69, 9.17) is 0 Å². The molecule has 1 aromatic carbocycles. The molecule has 1 aliphatic rings. The highest BCUT2D eigenvalue weighted by Crippen LogP contribution is 2.39. The van der Waals surface area contributed by atoms with Crippen LogP contribution in [0, 0.1) is 10.1 Å². The van der Waals surface area contributed by atoms with Gasteiger partial charge in [-0.1, -0.05) is 0 Å². The first-order valence-corrected chi connectivity index (χ1v) is 5.10. The lowest BCUT2D eigenvalue weighted by molar-refractivity contribution is -0.385. The maximum absolute atomic E-state index is 12.9. The topological polar surface area (TPSA) is 72.7 Å². The van der Waals surface area contributed by atoms with E-state index in [1.165, 1.54) is 0 Å². The zero-order valence-electron chi connectivity index (χ0n) is 9.31. The number of ether oxygens (including phenoxy) is 1.